The highest BCUT2D eigenvalue weighted by Gasteiger charge is 2.24. The van der Waals surface area contributed by atoms with Crippen LogP contribution in [-0.4, -0.2) is 58.7 Å². The molecule has 1 unspecified atom stereocenters. The Morgan fingerprint density at radius 1 is 1.30 bits per heavy atom. The van der Waals surface area contributed by atoms with Gasteiger partial charge >= 0.3 is 0 Å². The van der Waals surface area contributed by atoms with Gasteiger partial charge in [0, 0.05) is 17.9 Å². The second-order valence-electron chi connectivity index (χ2n) is 6.20. The van der Waals surface area contributed by atoms with E-state index >= 15 is 0 Å². The van der Waals surface area contributed by atoms with E-state index in [1.54, 1.807) is 18.9 Å². The van der Waals surface area contributed by atoms with E-state index in [4.69, 9.17) is 4.74 Å². The van der Waals surface area contributed by atoms with E-state index in [2.05, 4.69) is 38.0 Å². The Labute approximate surface area is 178 Å². The fourth-order valence-corrected chi connectivity index (χ4v) is 4.50. The standard InChI is InChI=1S/C18H27N5OS.2ClH/c1-4-22-10-6-8-15(22)13-25-18-21-20-17(12-19-2)23(18)14-7-5-9-16(11-14)24-3;;/h5,7,9,11,15,19H,4,6,8,10,12-13H2,1-3H3;2*1H. The minimum absolute atomic E-state index is 0. The van der Waals surface area contributed by atoms with Crippen LogP contribution in [0.15, 0.2) is 29.4 Å². The Morgan fingerprint density at radius 2 is 2.11 bits per heavy atom. The fourth-order valence-electron chi connectivity index (χ4n) is 3.35. The van der Waals surface area contributed by atoms with Gasteiger partial charge in [0.15, 0.2) is 11.0 Å². The first-order valence-electron chi connectivity index (χ1n) is 8.87. The number of methoxy groups -OCH3 is 1. The Bertz CT molecular complexity index is 700. The van der Waals surface area contributed by atoms with Crippen LogP contribution in [0.1, 0.15) is 25.6 Å². The molecule has 2 aromatic rings. The lowest BCUT2D eigenvalue weighted by Gasteiger charge is -2.22. The van der Waals surface area contributed by atoms with Gasteiger partial charge in [-0.1, -0.05) is 24.8 Å². The van der Waals surface area contributed by atoms with Crippen LogP contribution in [0, 0.1) is 0 Å². The van der Waals surface area contributed by atoms with Crippen molar-refractivity contribution >= 4 is 36.6 Å². The number of likely N-dealkylation sites (tertiary alicyclic amines) is 1. The quantitative estimate of drug-likeness (QED) is 0.643. The third kappa shape index (κ3) is 5.74. The molecule has 0 radical (unpaired) electrons. The zero-order valence-electron chi connectivity index (χ0n) is 16.1. The van der Waals surface area contributed by atoms with Crippen molar-refractivity contribution in [3.8, 4) is 11.4 Å². The molecule has 0 aliphatic carbocycles. The van der Waals surface area contributed by atoms with Crippen LogP contribution in [0.4, 0.5) is 0 Å². The number of thioether (sulfide) groups is 1. The van der Waals surface area contributed by atoms with Gasteiger partial charge in [0.2, 0.25) is 0 Å². The number of aromatic nitrogens is 3. The SMILES string of the molecule is CCN1CCCC1CSc1nnc(CNC)n1-c1cccc(OC)c1.Cl.Cl. The van der Waals surface area contributed by atoms with Crippen molar-refractivity contribution in [1.82, 2.24) is 25.0 Å². The highest BCUT2D eigenvalue weighted by Crippen LogP contribution is 2.28. The summed E-state index contributed by atoms with van der Waals surface area (Å²) in [6, 6.07) is 8.69. The highest BCUT2D eigenvalue weighted by atomic mass is 35.5. The van der Waals surface area contributed by atoms with Crippen LogP contribution in [0.25, 0.3) is 5.69 Å². The highest BCUT2D eigenvalue weighted by molar-refractivity contribution is 7.99. The molecule has 1 aromatic heterocycles. The molecule has 27 heavy (non-hydrogen) atoms. The molecule has 1 aromatic carbocycles. The van der Waals surface area contributed by atoms with Gasteiger partial charge in [0.25, 0.3) is 0 Å². The van der Waals surface area contributed by atoms with Gasteiger partial charge in [-0.2, -0.15) is 0 Å². The molecule has 152 valence electrons. The first-order chi connectivity index (χ1) is 12.3. The molecule has 0 spiro atoms. The Hall–Kier alpha value is -0.990. The molecule has 6 nitrogen and oxygen atoms in total. The summed E-state index contributed by atoms with van der Waals surface area (Å²) < 4.78 is 7.51. The molecule has 0 bridgehead atoms. The van der Waals surface area contributed by atoms with Crippen molar-refractivity contribution in [3.63, 3.8) is 0 Å². The molecular weight excluding hydrogens is 405 g/mol. The van der Waals surface area contributed by atoms with E-state index in [1.807, 2.05) is 25.2 Å². The topological polar surface area (TPSA) is 55.2 Å². The number of ether oxygens (including phenoxy) is 1. The van der Waals surface area contributed by atoms with Gasteiger partial charge in [0.1, 0.15) is 5.75 Å². The van der Waals surface area contributed by atoms with Crippen LogP contribution in [0.5, 0.6) is 5.75 Å². The summed E-state index contributed by atoms with van der Waals surface area (Å²) in [6.45, 7) is 5.26. The molecule has 1 fully saturated rings. The average Bonchev–Trinajstić information content (AvgIpc) is 3.26. The van der Waals surface area contributed by atoms with Crippen LogP contribution in [0.3, 0.4) is 0 Å². The minimum Gasteiger partial charge on any atom is -0.497 e. The maximum atomic E-state index is 5.38. The monoisotopic (exact) mass is 433 g/mol. The second-order valence-corrected chi connectivity index (χ2v) is 7.19. The normalized spacial score (nSPS) is 16.6. The molecular formula is C18H29Cl2N5OS. The van der Waals surface area contributed by atoms with E-state index in [9.17, 15) is 0 Å². The van der Waals surface area contributed by atoms with Gasteiger partial charge in [-0.15, -0.1) is 35.0 Å². The molecule has 1 N–H and O–H groups in total. The van der Waals surface area contributed by atoms with E-state index in [1.165, 1.54) is 19.4 Å². The third-order valence-electron chi connectivity index (χ3n) is 4.66. The molecule has 9 heteroatoms. The summed E-state index contributed by atoms with van der Waals surface area (Å²) in [6.07, 6.45) is 2.57. The number of benzene rings is 1. The lowest BCUT2D eigenvalue weighted by Crippen LogP contribution is -2.31. The number of nitrogens with zero attached hydrogens (tertiary/aromatic N) is 4. The summed E-state index contributed by atoms with van der Waals surface area (Å²) in [7, 11) is 3.62. The zero-order valence-corrected chi connectivity index (χ0v) is 18.5. The number of halogens is 2. The van der Waals surface area contributed by atoms with Gasteiger partial charge in [-0.05, 0) is 45.1 Å². The van der Waals surface area contributed by atoms with E-state index in [-0.39, 0.29) is 24.8 Å². The van der Waals surface area contributed by atoms with Crippen LogP contribution in [-0.2, 0) is 6.54 Å². The van der Waals surface area contributed by atoms with Crippen molar-refractivity contribution < 1.29 is 4.74 Å². The molecule has 1 aliphatic rings. The summed E-state index contributed by atoms with van der Waals surface area (Å²) in [5.74, 6) is 2.80. The van der Waals surface area contributed by atoms with Crippen molar-refractivity contribution in [3.05, 3.63) is 30.1 Å². The number of nitrogens with one attached hydrogen (secondary N) is 1. The Morgan fingerprint density at radius 3 is 2.81 bits per heavy atom. The van der Waals surface area contributed by atoms with E-state index < -0.39 is 0 Å². The molecule has 1 aliphatic heterocycles. The van der Waals surface area contributed by atoms with Crippen molar-refractivity contribution in [2.75, 3.05) is 33.0 Å². The lowest BCUT2D eigenvalue weighted by atomic mass is 10.2. The van der Waals surface area contributed by atoms with Gasteiger partial charge in [-0.3, -0.25) is 9.47 Å². The predicted molar refractivity (Wildman–Crippen MR) is 116 cm³/mol. The fraction of sp³-hybridized carbons (Fsp3) is 0.556. The summed E-state index contributed by atoms with van der Waals surface area (Å²) in [5, 5.41) is 13.0. The van der Waals surface area contributed by atoms with Crippen LogP contribution >= 0.6 is 36.6 Å². The second kappa shape index (κ2) is 11.8. The number of hydrogen-bond acceptors (Lipinski definition) is 6. The molecule has 1 saturated heterocycles. The van der Waals surface area contributed by atoms with Gasteiger partial charge in [-0.25, -0.2) is 0 Å². The maximum absolute atomic E-state index is 5.38. The third-order valence-corrected chi connectivity index (χ3v) is 5.73. The van der Waals surface area contributed by atoms with Crippen LogP contribution in [0.2, 0.25) is 0 Å². The number of hydrogen-bond donors (Lipinski definition) is 1. The van der Waals surface area contributed by atoms with Gasteiger partial charge in [0.05, 0.1) is 19.3 Å². The first-order valence-corrected chi connectivity index (χ1v) is 9.85. The van der Waals surface area contributed by atoms with Crippen molar-refractivity contribution in [2.45, 2.75) is 37.5 Å². The molecule has 0 saturated carbocycles. The first kappa shape index (κ1) is 24.0. The minimum atomic E-state index is 0. The molecule has 2 heterocycles. The zero-order chi connectivity index (χ0) is 17.6. The number of rotatable bonds is 8. The van der Waals surface area contributed by atoms with Crippen molar-refractivity contribution in [2.24, 2.45) is 0 Å². The summed E-state index contributed by atoms with van der Waals surface area (Å²) in [4.78, 5) is 2.56. The van der Waals surface area contributed by atoms with Gasteiger partial charge < -0.3 is 10.1 Å². The van der Waals surface area contributed by atoms with Crippen LogP contribution < -0.4 is 10.1 Å². The van der Waals surface area contributed by atoms with E-state index in [0.717, 1.165) is 34.7 Å². The molecule has 1 atom stereocenters. The lowest BCUT2D eigenvalue weighted by molar-refractivity contribution is 0.287. The summed E-state index contributed by atoms with van der Waals surface area (Å²) in [5.41, 5.74) is 1.04. The summed E-state index contributed by atoms with van der Waals surface area (Å²) >= 11 is 1.80. The molecule has 0 amide bonds. The predicted octanol–water partition coefficient (Wildman–Crippen LogP) is 3.42. The molecule has 3 rings (SSSR count). The largest absolute Gasteiger partial charge is 0.497 e. The Kier molecular flexibility index (Phi) is 10.5. The Balaban J connectivity index is 0.00000182. The van der Waals surface area contributed by atoms with E-state index in [0.29, 0.717) is 12.6 Å². The average molecular weight is 434 g/mol. The van der Waals surface area contributed by atoms with Crippen molar-refractivity contribution in [1.29, 1.82) is 0 Å². The maximum Gasteiger partial charge on any atom is 0.195 e. The smallest absolute Gasteiger partial charge is 0.195 e.